The molecule has 0 radical (unpaired) electrons. The summed E-state index contributed by atoms with van der Waals surface area (Å²) in [4.78, 5) is 1.35. The second kappa shape index (κ2) is 4.95. The van der Waals surface area contributed by atoms with Crippen LogP contribution >= 0.6 is 27.3 Å². The minimum atomic E-state index is 0.220. The zero-order valence-corrected chi connectivity index (χ0v) is 11.2. The molecule has 2 rings (SSSR count). The van der Waals surface area contributed by atoms with Crippen molar-refractivity contribution in [2.75, 3.05) is 6.61 Å². The summed E-state index contributed by atoms with van der Waals surface area (Å²) in [7, 11) is 0. The molecule has 84 valence electrons. The van der Waals surface area contributed by atoms with Gasteiger partial charge in [0, 0.05) is 27.9 Å². The van der Waals surface area contributed by atoms with Crippen LogP contribution < -0.4 is 5.73 Å². The maximum absolute atomic E-state index is 6.24. The highest BCUT2D eigenvalue weighted by Crippen LogP contribution is 2.29. The number of thiophene rings is 1. The molecule has 1 aliphatic rings. The number of hydrogen-bond donors (Lipinski definition) is 1. The molecule has 4 heteroatoms. The van der Waals surface area contributed by atoms with Gasteiger partial charge in [-0.3, -0.25) is 0 Å². The quantitative estimate of drug-likeness (QED) is 0.929. The zero-order valence-electron chi connectivity index (χ0n) is 8.78. The van der Waals surface area contributed by atoms with Gasteiger partial charge < -0.3 is 10.5 Å². The summed E-state index contributed by atoms with van der Waals surface area (Å²) in [5, 5.41) is 2.10. The molecule has 0 amide bonds. The minimum absolute atomic E-state index is 0.220. The topological polar surface area (TPSA) is 35.2 Å². The highest BCUT2D eigenvalue weighted by atomic mass is 79.9. The number of rotatable bonds is 3. The van der Waals surface area contributed by atoms with E-state index < -0.39 is 0 Å². The van der Waals surface area contributed by atoms with Gasteiger partial charge in [-0.15, -0.1) is 11.3 Å². The lowest BCUT2D eigenvalue weighted by atomic mass is 9.91. The smallest absolute Gasteiger partial charge is 0.0590 e. The maximum atomic E-state index is 6.24. The molecule has 0 saturated carbocycles. The van der Waals surface area contributed by atoms with E-state index in [1.807, 2.05) is 0 Å². The molecule has 2 N–H and O–H groups in total. The van der Waals surface area contributed by atoms with E-state index in [9.17, 15) is 0 Å². The molecule has 1 saturated heterocycles. The molecule has 15 heavy (non-hydrogen) atoms. The predicted molar refractivity (Wildman–Crippen MR) is 67.2 cm³/mol. The van der Waals surface area contributed by atoms with Crippen LogP contribution in [0.15, 0.2) is 15.9 Å². The van der Waals surface area contributed by atoms with Gasteiger partial charge >= 0.3 is 0 Å². The fourth-order valence-corrected chi connectivity index (χ4v) is 3.73. The zero-order chi connectivity index (χ0) is 10.8. The third kappa shape index (κ3) is 2.61. The van der Waals surface area contributed by atoms with Gasteiger partial charge in [-0.2, -0.15) is 0 Å². The average molecular weight is 290 g/mol. The molecular formula is C11H16BrNOS. The van der Waals surface area contributed by atoms with Gasteiger partial charge in [-0.25, -0.2) is 0 Å². The Kier molecular flexibility index (Phi) is 3.83. The van der Waals surface area contributed by atoms with Crippen molar-refractivity contribution in [3.8, 4) is 0 Å². The van der Waals surface area contributed by atoms with Gasteiger partial charge in [-0.1, -0.05) is 0 Å². The van der Waals surface area contributed by atoms with Crippen molar-refractivity contribution in [3.63, 3.8) is 0 Å². The van der Waals surface area contributed by atoms with E-state index in [1.165, 1.54) is 9.35 Å². The molecule has 1 aromatic heterocycles. The lowest BCUT2D eigenvalue weighted by molar-refractivity contribution is 0.0995. The maximum Gasteiger partial charge on any atom is 0.0590 e. The normalized spacial score (nSPS) is 28.2. The second-order valence-electron chi connectivity index (χ2n) is 4.09. The Morgan fingerprint density at radius 3 is 3.07 bits per heavy atom. The third-order valence-electron chi connectivity index (χ3n) is 3.10. The standard InChI is InChI=1S/C11H16BrNOS/c1-7-8(2-4-14-7)10(13)6-11-9(12)3-5-15-11/h3,5,7-8,10H,2,4,6,13H2,1H3. The molecule has 1 aliphatic heterocycles. The Bertz CT molecular complexity index is 328. The number of nitrogens with two attached hydrogens (primary N) is 1. The summed E-state index contributed by atoms with van der Waals surface area (Å²) in [5.41, 5.74) is 6.24. The Hall–Kier alpha value is 0.100. The first-order valence-electron chi connectivity index (χ1n) is 5.27. The summed E-state index contributed by atoms with van der Waals surface area (Å²) in [6.45, 7) is 2.99. The predicted octanol–water partition coefficient (Wildman–Crippen LogP) is 2.81. The largest absolute Gasteiger partial charge is 0.378 e. The minimum Gasteiger partial charge on any atom is -0.378 e. The molecule has 1 fully saturated rings. The van der Waals surface area contributed by atoms with E-state index in [1.54, 1.807) is 11.3 Å². The van der Waals surface area contributed by atoms with E-state index in [4.69, 9.17) is 10.5 Å². The lowest BCUT2D eigenvalue weighted by Gasteiger charge is -2.21. The first kappa shape index (κ1) is 11.6. The molecule has 0 bridgehead atoms. The molecule has 0 aromatic carbocycles. The first-order valence-corrected chi connectivity index (χ1v) is 6.95. The molecule has 0 spiro atoms. The van der Waals surface area contributed by atoms with Crippen molar-refractivity contribution in [2.24, 2.45) is 11.7 Å². The van der Waals surface area contributed by atoms with Crippen LogP contribution in [0, 0.1) is 5.92 Å². The van der Waals surface area contributed by atoms with E-state index in [0.717, 1.165) is 19.4 Å². The Morgan fingerprint density at radius 2 is 2.53 bits per heavy atom. The molecule has 0 aliphatic carbocycles. The van der Waals surface area contributed by atoms with Crippen LogP contribution in [0.1, 0.15) is 18.2 Å². The summed E-state index contributed by atoms with van der Waals surface area (Å²) >= 11 is 5.31. The van der Waals surface area contributed by atoms with Crippen molar-refractivity contribution in [1.29, 1.82) is 0 Å². The van der Waals surface area contributed by atoms with E-state index in [-0.39, 0.29) is 6.04 Å². The number of hydrogen-bond acceptors (Lipinski definition) is 3. The third-order valence-corrected chi connectivity index (χ3v) is 5.05. The Morgan fingerprint density at radius 1 is 1.73 bits per heavy atom. The molecule has 3 unspecified atom stereocenters. The van der Waals surface area contributed by atoms with Gasteiger partial charge in [0.05, 0.1) is 6.10 Å². The van der Waals surface area contributed by atoms with Crippen molar-refractivity contribution in [2.45, 2.75) is 31.9 Å². The van der Waals surface area contributed by atoms with Crippen LogP contribution in [0.4, 0.5) is 0 Å². The van der Waals surface area contributed by atoms with Crippen LogP contribution in [-0.2, 0) is 11.2 Å². The van der Waals surface area contributed by atoms with Crippen LogP contribution in [0.25, 0.3) is 0 Å². The Balaban J connectivity index is 1.97. The van der Waals surface area contributed by atoms with Gasteiger partial charge in [0.15, 0.2) is 0 Å². The van der Waals surface area contributed by atoms with E-state index in [2.05, 4.69) is 34.3 Å². The molecule has 1 aromatic rings. The van der Waals surface area contributed by atoms with Gasteiger partial charge in [0.25, 0.3) is 0 Å². The monoisotopic (exact) mass is 289 g/mol. The average Bonchev–Trinajstić information content (AvgIpc) is 2.76. The highest BCUT2D eigenvalue weighted by Gasteiger charge is 2.30. The van der Waals surface area contributed by atoms with Gasteiger partial charge in [-0.05, 0) is 47.1 Å². The van der Waals surface area contributed by atoms with E-state index in [0.29, 0.717) is 12.0 Å². The number of halogens is 1. The van der Waals surface area contributed by atoms with Crippen LogP contribution in [0.2, 0.25) is 0 Å². The summed E-state index contributed by atoms with van der Waals surface area (Å²) in [6, 6.07) is 2.30. The van der Waals surface area contributed by atoms with E-state index >= 15 is 0 Å². The number of ether oxygens (including phenoxy) is 1. The highest BCUT2D eigenvalue weighted by molar-refractivity contribution is 9.10. The Labute approximate surface area is 103 Å². The second-order valence-corrected chi connectivity index (χ2v) is 5.94. The molecule has 3 atom stereocenters. The lowest BCUT2D eigenvalue weighted by Crippen LogP contribution is -2.35. The van der Waals surface area contributed by atoms with Gasteiger partial charge in [0.2, 0.25) is 0 Å². The van der Waals surface area contributed by atoms with Crippen molar-refractivity contribution >= 4 is 27.3 Å². The van der Waals surface area contributed by atoms with Crippen LogP contribution in [0.3, 0.4) is 0 Å². The van der Waals surface area contributed by atoms with Crippen molar-refractivity contribution in [3.05, 3.63) is 20.8 Å². The fraction of sp³-hybridized carbons (Fsp3) is 0.636. The fourth-order valence-electron chi connectivity index (χ4n) is 2.15. The van der Waals surface area contributed by atoms with Crippen LogP contribution in [0.5, 0.6) is 0 Å². The van der Waals surface area contributed by atoms with Gasteiger partial charge in [0.1, 0.15) is 0 Å². The SMILES string of the molecule is CC1OCCC1C(N)Cc1sccc1Br. The summed E-state index contributed by atoms with van der Waals surface area (Å²) < 4.78 is 6.74. The van der Waals surface area contributed by atoms with Crippen LogP contribution in [-0.4, -0.2) is 18.8 Å². The molecule has 2 nitrogen and oxygen atoms in total. The summed E-state index contributed by atoms with van der Waals surface area (Å²) in [6.07, 6.45) is 2.38. The first-order chi connectivity index (χ1) is 7.18. The molecular weight excluding hydrogens is 274 g/mol. The van der Waals surface area contributed by atoms with Crippen molar-refractivity contribution < 1.29 is 4.74 Å². The molecule has 2 heterocycles. The van der Waals surface area contributed by atoms with Crippen molar-refractivity contribution in [1.82, 2.24) is 0 Å². The summed E-state index contributed by atoms with van der Waals surface area (Å²) in [5.74, 6) is 0.513.